The summed E-state index contributed by atoms with van der Waals surface area (Å²) in [5.41, 5.74) is 2.13. The Hall–Kier alpha value is -1.63. The average molecular weight is 423 g/mol. The third-order valence-corrected chi connectivity index (χ3v) is 14.8. The summed E-state index contributed by atoms with van der Waals surface area (Å²) in [6, 6.07) is 21.9. The highest BCUT2D eigenvalue weighted by Crippen LogP contribution is 2.47. The van der Waals surface area contributed by atoms with Crippen LogP contribution < -0.4 is 10.6 Å². The Morgan fingerprint density at radius 2 is 1.17 bits per heavy atom. The van der Waals surface area contributed by atoms with Crippen molar-refractivity contribution in [1.82, 2.24) is 0 Å². The number of rotatable bonds is 8. The normalized spacial score (nSPS) is 16.9. The topological polar surface area (TPSA) is 9.23 Å². The Balaban J connectivity index is 1.94. The van der Waals surface area contributed by atoms with Crippen molar-refractivity contribution in [3.63, 3.8) is 0 Å². The van der Waals surface area contributed by atoms with Gasteiger partial charge in [0.05, 0.1) is 5.76 Å². The van der Waals surface area contributed by atoms with Crippen LogP contribution in [0.4, 0.5) is 0 Å². The fourth-order valence-electron chi connectivity index (χ4n) is 4.93. The number of hydrogen-bond donors (Lipinski definition) is 0. The lowest BCUT2D eigenvalue weighted by Gasteiger charge is -2.42. The molecule has 1 nitrogen and oxygen atoms in total. The minimum atomic E-state index is -1.93. The van der Waals surface area contributed by atoms with Gasteiger partial charge >= 0.3 is 0 Å². The van der Waals surface area contributed by atoms with Crippen LogP contribution in [0.15, 0.2) is 84.7 Å². The third kappa shape index (κ3) is 4.60. The second-order valence-electron chi connectivity index (χ2n) is 8.88. The van der Waals surface area contributed by atoms with E-state index in [1.807, 2.05) is 0 Å². The van der Waals surface area contributed by atoms with Gasteiger partial charge in [0.15, 0.2) is 0 Å². The summed E-state index contributed by atoms with van der Waals surface area (Å²) in [6.45, 7) is 14.1. The Bertz CT molecular complexity index is 778. The first-order valence-electron chi connectivity index (χ1n) is 10.8. The lowest BCUT2D eigenvalue weighted by Crippen LogP contribution is -2.47. The van der Waals surface area contributed by atoms with Crippen molar-refractivity contribution in [1.29, 1.82) is 0 Å². The fourth-order valence-corrected chi connectivity index (χ4v) is 12.7. The van der Waals surface area contributed by atoms with E-state index in [1.165, 1.54) is 10.6 Å². The molecule has 2 aromatic carbocycles. The van der Waals surface area contributed by atoms with E-state index < -0.39 is 16.2 Å². The van der Waals surface area contributed by atoms with E-state index in [9.17, 15) is 0 Å². The standard InChI is InChI=1S/C26H35OPSi/c1-20(2)29(21(3)4,22(5)6)27-23-17-18-26(19-23)28(24-13-9-7-10-14-24)25-15-11-8-12-16-25/h7-22,26H,1-6H3. The lowest BCUT2D eigenvalue weighted by atomic mass is 10.4. The van der Waals surface area contributed by atoms with E-state index in [1.54, 1.807) is 0 Å². The predicted octanol–water partition coefficient (Wildman–Crippen LogP) is 7.13. The molecule has 0 bridgehead atoms. The molecule has 0 amide bonds. The Morgan fingerprint density at radius 1 is 0.724 bits per heavy atom. The first kappa shape index (κ1) is 22.1. The van der Waals surface area contributed by atoms with Gasteiger partial charge in [-0.3, -0.25) is 0 Å². The zero-order chi connectivity index (χ0) is 21.0. The first-order chi connectivity index (χ1) is 13.9. The van der Waals surface area contributed by atoms with Gasteiger partial charge < -0.3 is 4.43 Å². The van der Waals surface area contributed by atoms with Gasteiger partial charge in [-0.05, 0) is 47.3 Å². The van der Waals surface area contributed by atoms with Gasteiger partial charge in [-0.25, -0.2) is 0 Å². The quantitative estimate of drug-likeness (QED) is 0.325. The van der Waals surface area contributed by atoms with Crippen LogP contribution in [0.2, 0.25) is 16.6 Å². The van der Waals surface area contributed by atoms with Crippen LogP contribution in [0.5, 0.6) is 0 Å². The van der Waals surface area contributed by atoms with Gasteiger partial charge in [-0.1, -0.05) is 108 Å². The summed E-state index contributed by atoms with van der Waals surface area (Å²) < 4.78 is 6.96. The van der Waals surface area contributed by atoms with E-state index in [2.05, 4.69) is 120 Å². The molecule has 0 saturated carbocycles. The first-order valence-corrected chi connectivity index (χ1v) is 14.4. The van der Waals surface area contributed by atoms with Crippen LogP contribution in [0, 0.1) is 0 Å². The predicted molar refractivity (Wildman–Crippen MR) is 132 cm³/mol. The molecule has 0 spiro atoms. The van der Waals surface area contributed by atoms with Gasteiger partial charge in [-0.2, -0.15) is 0 Å². The molecule has 0 aromatic heterocycles. The monoisotopic (exact) mass is 422 g/mol. The van der Waals surface area contributed by atoms with Gasteiger partial charge in [-0.15, -0.1) is 0 Å². The number of hydrogen-bond acceptors (Lipinski definition) is 1. The van der Waals surface area contributed by atoms with E-state index in [0.717, 1.165) is 5.76 Å². The van der Waals surface area contributed by atoms with Crippen molar-refractivity contribution in [3.8, 4) is 0 Å². The SMILES string of the molecule is CC(C)[Si](OC1=CC(P(c2ccccc2)c2ccccc2)C=C1)(C(C)C)C(C)C. The van der Waals surface area contributed by atoms with Crippen molar-refractivity contribution in [2.24, 2.45) is 0 Å². The Kier molecular flexibility index (Phi) is 7.19. The average Bonchev–Trinajstić information content (AvgIpc) is 3.15. The van der Waals surface area contributed by atoms with Gasteiger partial charge in [0.25, 0.3) is 8.32 Å². The lowest BCUT2D eigenvalue weighted by molar-refractivity contribution is 0.387. The second kappa shape index (κ2) is 9.45. The molecule has 0 aliphatic heterocycles. The highest BCUT2D eigenvalue weighted by molar-refractivity contribution is 7.74. The minimum absolute atomic E-state index is 0.378. The second-order valence-corrected chi connectivity index (χ2v) is 16.6. The number of benzene rings is 2. The maximum atomic E-state index is 6.96. The van der Waals surface area contributed by atoms with Gasteiger partial charge in [0.2, 0.25) is 0 Å². The molecular weight excluding hydrogens is 387 g/mol. The summed E-state index contributed by atoms with van der Waals surface area (Å²) in [6.07, 6.45) is 6.99. The molecule has 3 rings (SSSR count). The summed E-state index contributed by atoms with van der Waals surface area (Å²) >= 11 is 0. The number of allylic oxidation sites excluding steroid dienone is 3. The molecule has 0 fully saturated rings. The highest BCUT2D eigenvalue weighted by Gasteiger charge is 2.47. The molecule has 1 unspecified atom stereocenters. The molecule has 29 heavy (non-hydrogen) atoms. The van der Waals surface area contributed by atoms with Crippen LogP contribution in [0.1, 0.15) is 41.5 Å². The molecule has 0 saturated heterocycles. The summed E-state index contributed by atoms with van der Waals surface area (Å²) in [7, 11) is -2.42. The third-order valence-electron chi connectivity index (χ3n) is 6.16. The van der Waals surface area contributed by atoms with E-state index in [0.29, 0.717) is 22.3 Å². The van der Waals surface area contributed by atoms with Crippen LogP contribution in [0.3, 0.4) is 0 Å². The highest BCUT2D eigenvalue weighted by atomic mass is 31.1. The summed E-state index contributed by atoms with van der Waals surface area (Å²) in [5, 5.41) is 2.84. The molecule has 1 aliphatic carbocycles. The molecule has 0 heterocycles. The van der Waals surface area contributed by atoms with Crippen LogP contribution >= 0.6 is 7.92 Å². The van der Waals surface area contributed by atoms with Crippen molar-refractivity contribution in [2.45, 2.75) is 63.8 Å². The molecule has 0 radical (unpaired) electrons. The van der Waals surface area contributed by atoms with Crippen molar-refractivity contribution in [3.05, 3.63) is 84.7 Å². The maximum absolute atomic E-state index is 6.96. The van der Waals surface area contributed by atoms with Crippen LogP contribution in [0.25, 0.3) is 0 Å². The zero-order valence-corrected chi connectivity index (χ0v) is 20.6. The van der Waals surface area contributed by atoms with Crippen molar-refractivity contribution in [2.75, 3.05) is 0 Å². The smallest absolute Gasteiger partial charge is 0.258 e. The minimum Gasteiger partial charge on any atom is -0.543 e. The molecule has 0 N–H and O–H groups in total. The fraction of sp³-hybridized carbons (Fsp3) is 0.385. The van der Waals surface area contributed by atoms with Crippen LogP contribution in [-0.4, -0.2) is 14.0 Å². The van der Waals surface area contributed by atoms with E-state index in [-0.39, 0.29) is 0 Å². The molecule has 1 aliphatic rings. The molecule has 2 aromatic rings. The van der Waals surface area contributed by atoms with Crippen molar-refractivity contribution < 1.29 is 4.43 Å². The zero-order valence-electron chi connectivity index (χ0n) is 18.7. The van der Waals surface area contributed by atoms with Gasteiger partial charge in [0.1, 0.15) is 0 Å². The van der Waals surface area contributed by atoms with E-state index >= 15 is 0 Å². The van der Waals surface area contributed by atoms with Crippen LogP contribution in [-0.2, 0) is 4.43 Å². The largest absolute Gasteiger partial charge is 0.543 e. The molecule has 1 atom stereocenters. The molecule has 154 valence electrons. The molecular formula is C26H35OPSi. The molecule has 3 heteroatoms. The van der Waals surface area contributed by atoms with Gasteiger partial charge in [0, 0.05) is 5.66 Å². The summed E-state index contributed by atoms with van der Waals surface area (Å²) in [5.74, 6) is 1.09. The Morgan fingerprint density at radius 3 is 1.59 bits per heavy atom. The van der Waals surface area contributed by atoms with E-state index in [4.69, 9.17) is 4.43 Å². The maximum Gasteiger partial charge on any atom is 0.258 e. The Labute approximate surface area is 179 Å². The summed E-state index contributed by atoms with van der Waals surface area (Å²) in [4.78, 5) is 0. The van der Waals surface area contributed by atoms with Crippen molar-refractivity contribution >= 4 is 26.8 Å².